The molecule has 2 aromatic carbocycles. The number of hydrogen-bond acceptors (Lipinski definition) is 4. The van der Waals surface area contributed by atoms with E-state index >= 15 is 0 Å². The number of urea groups is 1. The number of amides is 2. The molecule has 0 aromatic heterocycles. The van der Waals surface area contributed by atoms with Crippen molar-refractivity contribution in [3.05, 3.63) is 42.5 Å². The van der Waals surface area contributed by atoms with Crippen LogP contribution in [-0.4, -0.2) is 51.8 Å². The molecule has 8 heteroatoms. The molecule has 140 valence electrons. The molecule has 0 saturated heterocycles. The molecule has 3 N–H and O–H groups in total. The van der Waals surface area contributed by atoms with E-state index in [9.17, 15) is 9.59 Å². The SMILES string of the molecule is CN(C)c1ccc(-c2ccc(N(C)C)cc2NC(=O)NCC(=O)O)cc1.[H-].[Na+]. The van der Waals surface area contributed by atoms with Crippen molar-refractivity contribution in [2.45, 2.75) is 0 Å². The number of hydrogen-bond donors (Lipinski definition) is 3. The topological polar surface area (TPSA) is 84.9 Å². The third kappa shape index (κ3) is 6.46. The number of anilines is 3. The number of benzene rings is 2. The van der Waals surface area contributed by atoms with Gasteiger partial charge in [-0.15, -0.1) is 0 Å². The van der Waals surface area contributed by atoms with Gasteiger partial charge in [0.15, 0.2) is 0 Å². The predicted molar refractivity (Wildman–Crippen MR) is 106 cm³/mol. The van der Waals surface area contributed by atoms with E-state index < -0.39 is 18.5 Å². The van der Waals surface area contributed by atoms with Gasteiger partial charge in [-0.3, -0.25) is 4.79 Å². The van der Waals surface area contributed by atoms with Gasteiger partial charge in [0.1, 0.15) is 6.54 Å². The molecular formula is C19H25N4NaO3. The molecule has 27 heavy (non-hydrogen) atoms. The van der Waals surface area contributed by atoms with Crippen LogP contribution in [0.2, 0.25) is 0 Å². The third-order valence-electron chi connectivity index (χ3n) is 3.86. The predicted octanol–water partition coefficient (Wildman–Crippen LogP) is -0.192. The minimum Gasteiger partial charge on any atom is -1.00 e. The molecule has 0 atom stereocenters. The van der Waals surface area contributed by atoms with E-state index in [0.29, 0.717) is 5.69 Å². The molecule has 0 fully saturated rings. The second-order valence-corrected chi connectivity index (χ2v) is 6.27. The van der Waals surface area contributed by atoms with Crippen LogP contribution >= 0.6 is 0 Å². The summed E-state index contributed by atoms with van der Waals surface area (Å²) in [6, 6.07) is 13.2. The van der Waals surface area contributed by atoms with Crippen molar-refractivity contribution in [3.63, 3.8) is 0 Å². The normalized spacial score (nSPS) is 9.78. The summed E-state index contributed by atoms with van der Waals surface area (Å²) in [7, 11) is 7.77. The first-order chi connectivity index (χ1) is 12.3. The second-order valence-electron chi connectivity index (χ2n) is 6.27. The van der Waals surface area contributed by atoms with Crippen LogP contribution in [0.5, 0.6) is 0 Å². The van der Waals surface area contributed by atoms with E-state index in [1.807, 2.05) is 80.5 Å². The number of rotatable bonds is 6. The van der Waals surface area contributed by atoms with Crippen LogP contribution in [0.3, 0.4) is 0 Å². The molecular weight excluding hydrogens is 355 g/mol. The molecule has 2 aromatic rings. The summed E-state index contributed by atoms with van der Waals surface area (Å²) in [5.74, 6) is -1.10. The van der Waals surface area contributed by atoms with E-state index in [1.165, 1.54) is 0 Å². The molecule has 0 unspecified atom stereocenters. The zero-order valence-corrected chi connectivity index (χ0v) is 18.4. The number of carbonyl (C=O) groups is 2. The number of nitrogens with one attached hydrogen (secondary N) is 2. The van der Waals surface area contributed by atoms with E-state index in [1.54, 1.807) is 0 Å². The minimum atomic E-state index is -1.10. The van der Waals surface area contributed by atoms with E-state index in [2.05, 4.69) is 10.6 Å². The first kappa shape index (κ1) is 22.8. The molecule has 0 aliphatic rings. The minimum absolute atomic E-state index is 0. The molecule has 0 bridgehead atoms. The molecule has 2 rings (SSSR count). The molecule has 0 heterocycles. The fraction of sp³-hybridized carbons (Fsp3) is 0.263. The van der Waals surface area contributed by atoms with E-state index in [4.69, 9.17) is 5.11 Å². The quantitative estimate of drug-likeness (QED) is 0.605. The summed E-state index contributed by atoms with van der Waals surface area (Å²) in [6.07, 6.45) is 0. The number of aliphatic carboxylic acids is 1. The third-order valence-corrected chi connectivity index (χ3v) is 3.86. The van der Waals surface area contributed by atoms with Crippen molar-refractivity contribution >= 4 is 29.1 Å². The summed E-state index contributed by atoms with van der Waals surface area (Å²) in [5, 5.41) is 13.8. The Hall–Kier alpha value is -2.22. The van der Waals surface area contributed by atoms with Crippen LogP contribution < -0.4 is 50.0 Å². The summed E-state index contributed by atoms with van der Waals surface area (Å²) >= 11 is 0. The van der Waals surface area contributed by atoms with Crippen molar-refractivity contribution in [1.29, 1.82) is 0 Å². The maximum atomic E-state index is 12.0. The monoisotopic (exact) mass is 380 g/mol. The Morgan fingerprint density at radius 3 is 2.04 bits per heavy atom. The Bertz CT molecular complexity index is 798. The fourth-order valence-corrected chi connectivity index (χ4v) is 2.43. The second kappa shape index (κ2) is 10.2. The van der Waals surface area contributed by atoms with Gasteiger partial charge in [0.2, 0.25) is 0 Å². The number of carboxylic acid groups (broad SMARTS) is 1. The Labute approximate surface area is 183 Å². The molecule has 7 nitrogen and oxygen atoms in total. The summed E-state index contributed by atoms with van der Waals surface area (Å²) in [4.78, 5) is 26.6. The van der Waals surface area contributed by atoms with Gasteiger partial charge in [-0.05, 0) is 29.8 Å². The largest absolute Gasteiger partial charge is 1.00 e. The Morgan fingerprint density at radius 1 is 0.963 bits per heavy atom. The zero-order chi connectivity index (χ0) is 19.3. The van der Waals surface area contributed by atoms with Crippen molar-refractivity contribution in [1.82, 2.24) is 5.32 Å². The number of nitrogens with zero attached hydrogens (tertiary/aromatic N) is 2. The molecule has 0 radical (unpaired) electrons. The smallest absolute Gasteiger partial charge is 1.00 e. The number of carbonyl (C=O) groups excluding carboxylic acids is 1. The summed E-state index contributed by atoms with van der Waals surface area (Å²) in [6.45, 7) is -0.438. The van der Waals surface area contributed by atoms with Crippen LogP contribution in [0.4, 0.5) is 21.9 Å². The molecule has 0 aliphatic heterocycles. The van der Waals surface area contributed by atoms with Crippen molar-refractivity contribution in [2.24, 2.45) is 0 Å². The molecule has 0 spiro atoms. The van der Waals surface area contributed by atoms with Crippen molar-refractivity contribution in [2.75, 3.05) is 49.9 Å². The van der Waals surface area contributed by atoms with Crippen LogP contribution in [0.25, 0.3) is 11.1 Å². The molecule has 0 saturated carbocycles. The van der Waals surface area contributed by atoms with Crippen LogP contribution in [0.15, 0.2) is 42.5 Å². The maximum Gasteiger partial charge on any atom is 1.00 e. The van der Waals surface area contributed by atoms with Gasteiger partial charge in [0, 0.05) is 45.1 Å². The standard InChI is InChI=1S/C19H24N4O3.Na.H/c1-22(2)14-7-5-13(6-8-14)16-10-9-15(23(3)4)11-17(16)21-19(26)20-12-18(24)25;;/h5-11H,12H2,1-4H3,(H,24,25)(H2,20,21,26);;/q;+1;-1. The van der Waals surface area contributed by atoms with Gasteiger partial charge >= 0.3 is 41.6 Å². The Kier molecular flexibility index (Phi) is 8.62. The van der Waals surface area contributed by atoms with Crippen LogP contribution in [-0.2, 0) is 4.79 Å². The van der Waals surface area contributed by atoms with Gasteiger partial charge < -0.3 is 27.0 Å². The van der Waals surface area contributed by atoms with Crippen LogP contribution in [0.1, 0.15) is 1.43 Å². The summed E-state index contributed by atoms with van der Waals surface area (Å²) in [5.41, 5.74) is 4.41. The average Bonchev–Trinajstić information content (AvgIpc) is 2.60. The first-order valence-electron chi connectivity index (χ1n) is 8.13. The van der Waals surface area contributed by atoms with E-state index in [-0.39, 0.29) is 31.0 Å². The number of carboxylic acids is 1. The van der Waals surface area contributed by atoms with Crippen molar-refractivity contribution in [3.8, 4) is 11.1 Å². The average molecular weight is 380 g/mol. The fourth-order valence-electron chi connectivity index (χ4n) is 2.43. The van der Waals surface area contributed by atoms with Gasteiger partial charge in [-0.1, -0.05) is 18.2 Å². The first-order valence-corrected chi connectivity index (χ1v) is 8.13. The van der Waals surface area contributed by atoms with Gasteiger partial charge in [-0.25, -0.2) is 4.79 Å². The Balaban J connectivity index is 0.00000364. The van der Waals surface area contributed by atoms with E-state index in [0.717, 1.165) is 22.5 Å². The van der Waals surface area contributed by atoms with Gasteiger partial charge in [-0.2, -0.15) is 0 Å². The molecule has 0 aliphatic carbocycles. The van der Waals surface area contributed by atoms with Gasteiger partial charge in [0.05, 0.1) is 5.69 Å². The maximum absolute atomic E-state index is 12.0. The molecule has 2 amide bonds. The summed E-state index contributed by atoms with van der Waals surface area (Å²) < 4.78 is 0. The Morgan fingerprint density at radius 2 is 1.52 bits per heavy atom. The van der Waals surface area contributed by atoms with Gasteiger partial charge in [0.25, 0.3) is 0 Å². The van der Waals surface area contributed by atoms with Crippen LogP contribution in [0, 0.1) is 0 Å². The van der Waals surface area contributed by atoms with Crippen molar-refractivity contribution < 1.29 is 45.7 Å². The zero-order valence-electron chi connectivity index (χ0n) is 17.4.